The number of amides is 2. The van der Waals surface area contributed by atoms with Gasteiger partial charge in [0.15, 0.2) is 0 Å². The second kappa shape index (κ2) is 8.17. The molecule has 0 saturated carbocycles. The molecule has 0 radical (unpaired) electrons. The van der Waals surface area contributed by atoms with Crippen molar-refractivity contribution in [1.82, 2.24) is 5.32 Å². The summed E-state index contributed by atoms with van der Waals surface area (Å²) in [6.07, 6.45) is 0.767. The highest BCUT2D eigenvalue weighted by molar-refractivity contribution is 5.89. The molecule has 6 heteroatoms. The summed E-state index contributed by atoms with van der Waals surface area (Å²) < 4.78 is 0. The fourth-order valence-corrected chi connectivity index (χ4v) is 2.00. The molecular formula is C16H22N2O4. The Morgan fingerprint density at radius 2 is 1.77 bits per heavy atom. The Morgan fingerprint density at radius 1 is 1.18 bits per heavy atom. The van der Waals surface area contributed by atoms with Gasteiger partial charge in [-0.2, -0.15) is 0 Å². The fourth-order valence-electron chi connectivity index (χ4n) is 2.00. The number of carboxylic acid groups (broad SMARTS) is 1. The summed E-state index contributed by atoms with van der Waals surface area (Å²) in [5, 5.41) is 14.3. The van der Waals surface area contributed by atoms with Crippen molar-refractivity contribution in [3.63, 3.8) is 0 Å². The van der Waals surface area contributed by atoms with Crippen LogP contribution in [0.2, 0.25) is 0 Å². The Bertz CT molecular complexity index is 540. The summed E-state index contributed by atoms with van der Waals surface area (Å²) in [6.45, 7) is 5.09. The van der Waals surface area contributed by atoms with E-state index in [1.165, 1.54) is 6.92 Å². The molecule has 0 aliphatic rings. The molecule has 2 unspecified atom stereocenters. The van der Waals surface area contributed by atoms with Gasteiger partial charge < -0.3 is 15.7 Å². The third kappa shape index (κ3) is 5.55. The van der Waals surface area contributed by atoms with Gasteiger partial charge in [0.25, 0.3) is 0 Å². The van der Waals surface area contributed by atoms with Gasteiger partial charge in [0.2, 0.25) is 11.8 Å². The van der Waals surface area contributed by atoms with Crippen LogP contribution in [0.1, 0.15) is 32.8 Å². The lowest BCUT2D eigenvalue weighted by molar-refractivity contribution is -0.143. The first-order valence-electron chi connectivity index (χ1n) is 7.22. The van der Waals surface area contributed by atoms with Crippen molar-refractivity contribution in [3.05, 3.63) is 29.8 Å². The third-order valence-electron chi connectivity index (χ3n) is 3.43. The summed E-state index contributed by atoms with van der Waals surface area (Å²) in [7, 11) is 0. The van der Waals surface area contributed by atoms with Gasteiger partial charge in [0.05, 0.1) is 6.42 Å². The molecule has 1 rings (SSSR count). The number of hydrogen-bond acceptors (Lipinski definition) is 3. The molecule has 22 heavy (non-hydrogen) atoms. The molecule has 120 valence electrons. The number of carbonyl (C=O) groups excluding carboxylic acids is 2. The van der Waals surface area contributed by atoms with E-state index in [4.69, 9.17) is 5.11 Å². The van der Waals surface area contributed by atoms with E-state index in [1.54, 1.807) is 31.2 Å². The van der Waals surface area contributed by atoms with Crippen LogP contribution in [0.3, 0.4) is 0 Å². The maximum Gasteiger partial charge on any atom is 0.326 e. The standard InChI is InChI=1S/C16H22N2O4/c1-4-10(2)15(16(21)22)18-14(20)9-12-5-7-13(8-6-12)17-11(3)19/h5-8,10,15H,4,9H2,1-3H3,(H,17,19)(H,18,20)(H,21,22). The van der Waals surface area contributed by atoms with E-state index in [9.17, 15) is 14.4 Å². The smallest absolute Gasteiger partial charge is 0.326 e. The van der Waals surface area contributed by atoms with E-state index in [0.717, 1.165) is 5.56 Å². The van der Waals surface area contributed by atoms with Crippen LogP contribution >= 0.6 is 0 Å². The quantitative estimate of drug-likeness (QED) is 0.716. The largest absolute Gasteiger partial charge is 0.480 e. The van der Waals surface area contributed by atoms with E-state index in [2.05, 4.69) is 10.6 Å². The van der Waals surface area contributed by atoms with Crippen molar-refractivity contribution < 1.29 is 19.5 Å². The molecule has 1 aromatic carbocycles. The van der Waals surface area contributed by atoms with Gasteiger partial charge in [0, 0.05) is 12.6 Å². The minimum atomic E-state index is -1.02. The van der Waals surface area contributed by atoms with E-state index < -0.39 is 12.0 Å². The Balaban J connectivity index is 2.64. The van der Waals surface area contributed by atoms with Gasteiger partial charge in [0.1, 0.15) is 6.04 Å². The van der Waals surface area contributed by atoms with Crippen LogP contribution < -0.4 is 10.6 Å². The van der Waals surface area contributed by atoms with Crippen molar-refractivity contribution in [2.24, 2.45) is 5.92 Å². The average molecular weight is 306 g/mol. The minimum Gasteiger partial charge on any atom is -0.480 e. The van der Waals surface area contributed by atoms with Crippen LogP contribution in [0, 0.1) is 5.92 Å². The lowest BCUT2D eigenvalue weighted by Crippen LogP contribution is -2.45. The molecule has 3 N–H and O–H groups in total. The summed E-state index contributed by atoms with van der Waals surface area (Å²) in [6, 6.07) is 5.98. The zero-order valence-electron chi connectivity index (χ0n) is 13.1. The third-order valence-corrected chi connectivity index (χ3v) is 3.43. The number of rotatable bonds is 7. The second-order valence-corrected chi connectivity index (χ2v) is 5.32. The van der Waals surface area contributed by atoms with Gasteiger partial charge in [-0.15, -0.1) is 0 Å². The fraction of sp³-hybridized carbons (Fsp3) is 0.438. The van der Waals surface area contributed by atoms with E-state index in [1.807, 2.05) is 6.92 Å². The number of aliphatic carboxylic acids is 1. The lowest BCUT2D eigenvalue weighted by Gasteiger charge is -2.20. The summed E-state index contributed by atoms with van der Waals surface area (Å²) in [5.41, 5.74) is 1.40. The first-order chi connectivity index (χ1) is 10.3. The molecule has 0 spiro atoms. The first kappa shape index (κ1) is 17.7. The van der Waals surface area contributed by atoms with Crippen LogP contribution in [0.15, 0.2) is 24.3 Å². The van der Waals surface area contributed by atoms with Crippen molar-refractivity contribution >= 4 is 23.5 Å². The molecule has 6 nitrogen and oxygen atoms in total. The minimum absolute atomic E-state index is 0.0978. The zero-order valence-corrected chi connectivity index (χ0v) is 13.1. The summed E-state index contributed by atoms with van der Waals surface area (Å²) >= 11 is 0. The van der Waals surface area contributed by atoms with Crippen molar-refractivity contribution in [3.8, 4) is 0 Å². The molecule has 0 saturated heterocycles. The molecule has 2 atom stereocenters. The molecule has 2 amide bonds. The monoisotopic (exact) mass is 306 g/mol. The molecule has 0 fully saturated rings. The normalized spacial score (nSPS) is 13.0. The number of benzene rings is 1. The van der Waals surface area contributed by atoms with Crippen molar-refractivity contribution in [2.45, 2.75) is 39.7 Å². The summed E-state index contributed by atoms with van der Waals surface area (Å²) in [4.78, 5) is 34.1. The highest BCUT2D eigenvalue weighted by Crippen LogP contribution is 2.11. The Kier molecular flexibility index (Phi) is 6.56. The summed E-state index contributed by atoms with van der Waals surface area (Å²) in [5.74, 6) is -1.66. The molecule has 0 heterocycles. The van der Waals surface area contributed by atoms with Crippen molar-refractivity contribution in [2.75, 3.05) is 5.32 Å². The maximum absolute atomic E-state index is 12.0. The Morgan fingerprint density at radius 3 is 2.23 bits per heavy atom. The number of nitrogens with one attached hydrogen (secondary N) is 2. The molecule has 1 aromatic rings. The van der Waals surface area contributed by atoms with E-state index in [-0.39, 0.29) is 24.2 Å². The van der Waals surface area contributed by atoms with Gasteiger partial charge >= 0.3 is 5.97 Å². The highest BCUT2D eigenvalue weighted by atomic mass is 16.4. The van der Waals surface area contributed by atoms with Crippen LogP contribution in [-0.2, 0) is 20.8 Å². The van der Waals surface area contributed by atoms with E-state index in [0.29, 0.717) is 12.1 Å². The van der Waals surface area contributed by atoms with Gasteiger partial charge in [-0.05, 0) is 23.6 Å². The number of hydrogen-bond donors (Lipinski definition) is 3. The van der Waals surface area contributed by atoms with Crippen LogP contribution in [0.25, 0.3) is 0 Å². The SMILES string of the molecule is CCC(C)C(NC(=O)Cc1ccc(NC(C)=O)cc1)C(=O)O. The van der Waals surface area contributed by atoms with Gasteiger partial charge in [-0.25, -0.2) is 4.79 Å². The highest BCUT2D eigenvalue weighted by Gasteiger charge is 2.25. The molecule has 0 aliphatic carbocycles. The van der Waals surface area contributed by atoms with Crippen molar-refractivity contribution in [1.29, 1.82) is 0 Å². The first-order valence-corrected chi connectivity index (χ1v) is 7.22. The van der Waals surface area contributed by atoms with E-state index >= 15 is 0 Å². The molecule has 0 aliphatic heterocycles. The Labute approximate surface area is 129 Å². The topological polar surface area (TPSA) is 95.5 Å². The second-order valence-electron chi connectivity index (χ2n) is 5.32. The van der Waals surface area contributed by atoms with Gasteiger partial charge in [-0.3, -0.25) is 9.59 Å². The van der Waals surface area contributed by atoms with Crippen LogP contribution in [0.4, 0.5) is 5.69 Å². The predicted octanol–water partition coefficient (Wildman–Crippen LogP) is 1.80. The number of carbonyl (C=O) groups is 3. The number of carboxylic acids is 1. The lowest BCUT2D eigenvalue weighted by atomic mass is 9.99. The maximum atomic E-state index is 12.0. The molecule has 0 bridgehead atoms. The van der Waals surface area contributed by atoms with Gasteiger partial charge in [-0.1, -0.05) is 32.4 Å². The predicted molar refractivity (Wildman–Crippen MR) is 83.5 cm³/mol. The van der Waals surface area contributed by atoms with Crippen LogP contribution in [-0.4, -0.2) is 28.9 Å². The molecular weight excluding hydrogens is 284 g/mol. The zero-order chi connectivity index (χ0) is 16.7. The average Bonchev–Trinajstić information content (AvgIpc) is 2.45. The molecule has 0 aromatic heterocycles. The number of anilines is 1. The Hall–Kier alpha value is -2.37. The van der Waals surface area contributed by atoms with Crippen LogP contribution in [0.5, 0.6) is 0 Å².